The SMILES string of the molecule is FC(F)(F)c1ccnc(NC2CCN(Cc3ccc(Br)cc3)CC2)n1. The van der Waals surface area contributed by atoms with Gasteiger partial charge >= 0.3 is 6.18 Å². The van der Waals surface area contributed by atoms with Crippen molar-refractivity contribution in [2.24, 2.45) is 0 Å². The number of likely N-dealkylation sites (tertiary alicyclic amines) is 1. The maximum Gasteiger partial charge on any atom is 0.433 e. The van der Waals surface area contributed by atoms with E-state index in [2.05, 4.69) is 48.2 Å². The first kappa shape index (κ1) is 18.1. The van der Waals surface area contributed by atoms with E-state index >= 15 is 0 Å². The lowest BCUT2D eigenvalue weighted by molar-refractivity contribution is -0.141. The second-order valence-corrected chi connectivity index (χ2v) is 7.00. The topological polar surface area (TPSA) is 41.1 Å². The normalized spacial score (nSPS) is 16.8. The molecule has 1 N–H and O–H groups in total. The molecule has 1 fully saturated rings. The summed E-state index contributed by atoms with van der Waals surface area (Å²) in [5, 5.41) is 3.03. The lowest BCUT2D eigenvalue weighted by Gasteiger charge is -2.32. The Balaban J connectivity index is 1.52. The van der Waals surface area contributed by atoms with Crippen molar-refractivity contribution in [3.8, 4) is 0 Å². The molecule has 0 radical (unpaired) electrons. The first-order valence-corrected chi connectivity index (χ1v) is 8.83. The van der Waals surface area contributed by atoms with Crippen LogP contribution >= 0.6 is 15.9 Å². The van der Waals surface area contributed by atoms with E-state index in [9.17, 15) is 13.2 Å². The zero-order chi connectivity index (χ0) is 17.9. The van der Waals surface area contributed by atoms with Crippen LogP contribution in [-0.4, -0.2) is 34.0 Å². The third-order valence-corrected chi connectivity index (χ3v) is 4.71. The fourth-order valence-electron chi connectivity index (χ4n) is 2.85. The molecule has 2 aromatic rings. The van der Waals surface area contributed by atoms with Gasteiger partial charge in [0.1, 0.15) is 5.69 Å². The van der Waals surface area contributed by atoms with Gasteiger partial charge in [0.05, 0.1) is 0 Å². The Morgan fingerprint density at radius 1 is 1.12 bits per heavy atom. The number of anilines is 1. The molecule has 25 heavy (non-hydrogen) atoms. The Bertz CT molecular complexity index is 698. The molecule has 134 valence electrons. The molecule has 0 atom stereocenters. The van der Waals surface area contributed by atoms with Crippen LogP contribution in [0.5, 0.6) is 0 Å². The third kappa shape index (κ3) is 5.15. The zero-order valence-electron chi connectivity index (χ0n) is 13.4. The van der Waals surface area contributed by atoms with Gasteiger partial charge < -0.3 is 5.32 Å². The summed E-state index contributed by atoms with van der Waals surface area (Å²) < 4.78 is 39.2. The summed E-state index contributed by atoms with van der Waals surface area (Å²) in [6.07, 6.45) is -1.62. The first-order chi connectivity index (χ1) is 11.9. The van der Waals surface area contributed by atoms with Crippen molar-refractivity contribution in [2.45, 2.75) is 31.6 Å². The monoisotopic (exact) mass is 414 g/mol. The highest BCUT2D eigenvalue weighted by atomic mass is 79.9. The molecule has 0 bridgehead atoms. The van der Waals surface area contributed by atoms with Gasteiger partial charge in [-0.15, -0.1) is 0 Å². The molecule has 2 heterocycles. The van der Waals surface area contributed by atoms with E-state index in [0.717, 1.165) is 49.2 Å². The average Bonchev–Trinajstić information content (AvgIpc) is 2.58. The third-order valence-electron chi connectivity index (χ3n) is 4.19. The summed E-state index contributed by atoms with van der Waals surface area (Å²) in [4.78, 5) is 9.81. The minimum Gasteiger partial charge on any atom is -0.351 e. The van der Waals surface area contributed by atoms with Gasteiger partial charge in [-0.1, -0.05) is 28.1 Å². The largest absolute Gasteiger partial charge is 0.433 e. The van der Waals surface area contributed by atoms with Gasteiger partial charge in [0.2, 0.25) is 5.95 Å². The molecule has 1 aromatic carbocycles. The lowest BCUT2D eigenvalue weighted by atomic mass is 10.0. The molecule has 0 spiro atoms. The predicted octanol–water partition coefficient (Wildman–Crippen LogP) is 4.33. The quantitative estimate of drug-likeness (QED) is 0.807. The molecule has 8 heteroatoms. The number of piperidine rings is 1. The number of benzene rings is 1. The van der Waals surface area contributed by atoms with Crippen LogP contribution in [0.2, 0.25) is 0 Å². The molecule has 0 unspecified atom stereocenters. The maximum absolute atomic E-state index is 12.7. The zero-order valence-corrected chi connectivity index (χ0v) is 15.0. The Morgan fingerprint density at radius 3 is 2.44 bits per heavy atom. The lowest BCUT2D eigenvalue weighted by Crippen LogP contribution is -2.39. The van der Waals surface area contributed by atoms with Crippen molar-refractivity contribution in [3.63, 3.8) is 0 Å². The van der Waals surface area contributed by atoms with Crippen molar-refractivity contribution in [2.75, 3.05) is 18.4 Å². The molecule has 3 rings (SSSR count). The minimum absolute atomic E-state index is 0.0428. The van der Waals surface area contributed by atoms with Crippen LogP contribution in [0.4, 0.5) is 19.1 Å². The van der Waals surface area contributed by atoms with Gasteiger partial charge in [-0.2, -0.15) is 13.2 Å². The molecule has 1 aliphatic rings. The van der Waals surface area contributed by atoms with Crippen LogP contribution in [0.25, 0.3) is 0 Å². The first-order valence-electron chi connectivity index (χ1n) is 8.04. The summed E-state index contributed by atoms with van der Waals surface area (Å²) in [5.74, 6) is 0.0428. The molecular weight excluding hydrogens is 397 g/mol. The minimum atomic E-state index is -4.45. The highest BCUT2D eigenvalue weighted by Crippen LogP contribution is 2.28. The van der Waals surface area contributed by atoms with Crippen molar-refractivity contribution in [1.29, 1.82) is 0 Å². The summed E-state index contributed by atoms with van der Waals surface area (Å²) in [6.45, 7) is 2.64. The number of hydrogen-bond acceptors (Lipinski definition) is 4. The fraction of sp³-hybridized carbons (Fsp3) is 0.412. The number of nitrogens with zero attached hydrogens (tertiary/aromatic N) is 3. The van der Waals surface area contributed by atoms with Crippen molar-refractivity contribution >= 4 is 21.9 Å². The van der Waals surface area contributed by atoms with Crippen LogP contribution < -0.4 is 5.32 Å². The number of aromatic nitrogens is 2. The van der Waals surface area contributed by atoms with Gasteiger partial charge in [-0.3, -0.25) is 4.90 Å². The van der Waals surface area contributed by atoms with Crippen molar-refractivity contribution in [1.82, 2.24) is 14.9 Å². The van der Waals surface area contributed by atoms with E-state index in [0.29, 0.717) is 0 Å². The van der Waals surface area contributed by atoms with Crippen LogP contribution in [0.15, 0.2) is 41.0 Å². The van der Waals surface area contributed by atoms with Gasteiger partial charge in [-0.05, 0) is 36.6 Å². The molecular formula is C17H18BrF3N4. The Kier molecular flexibility index (Phi) is 5.58. The predicted molar refractivity (Wildman–Crippen MR) is 93.1 cm³/mol. The molecule has 0 amide bonds. The average molecular weight is 415 g/mol. The second kappa shape index (κ2) is 7.70. The summed E-state index contributed by atoms with van der Waals surface area (Å²) >= 11 is 3.42. The molecule has 1 saturated heterocycles. The summed E-state index contributed by atoms with van der Waals surface area (Å²) in [7, 11) is 0. The van der Waals surface area contributed by atoms with Crippen LogP contribution in [0.1, 0.15) is 24.1 Å². The molecule has 4 nitrogen and oxygen atoms in total. The van der Waals surface area contributed by atoms with E-state index in [-0.39, 0.29) is 12.0 Å². The van der Waals surface area contributed by atoms with E-state index in [1.54, 1.807) is 0 Å². The van der Waals surface area contributed by atoms with Crippen molar-refractivity contribution in [3.05, 3.63) is 52.3 Å². The van der Waals surface area contributed by atoms with E-state index in [4.69, 9.17) is 0 Å². The van der Waals surface area contributed by atoms with Crippen LogP contribution in [0, 0.1) is 0 Å². The Morgan fingerprint density at radius 2 is 1.80 bits per heavy atom. The van der Waals surface area contributed by atoms with Gasteiger partial charge in [0, 0.05) is 36.3 Å². The maximum atomic E-state index is 12.7. The highest BCUT2D eigenvalue weighted by molar-refractivity contribution is 9.10. The van der Waals surface area contributed by atoms with Crippen LogP contribution in [-0.2, 0) is 12.7 Å². The fourth-order valence-corrected chi connectivity index (χ4v) is 3.12. The molecule has 0 aliphatic carbocycles. The number of alkyl halides is 3. The Labute approximate surface area is 152 Å². The number of hydrogen-bond donors (Lipinski definition) is 1. The van der Waals surface area contributed by atoms with Gasteiger partial charge in [-0.25, -0.2) is 9.97 Å². The smallest absolute Gasteiger partial charge is 0.351 e. The molecule has 0 saturated carbocycles. The molecule has 1 aromatic heterocycles. The highest BCUT2D eigenvalue weighted by Gasteiger charge is 2.33. The van der Waals surface area contributed by atoms with Crippen LogP contribution in [0.3, 0.4) is 0 Å². The number of halogens is 4. The van der Waals surface area contributed by atoms with Crippen molar-refractivity contribution < 1.29 is 13.2 Å². The second-order valence-electron chi connectivity index (χ2n) is 6.08. The standard InChI is InChI=1S/C17H18BrF3N4/c18-13-3-1-12(2-4-13)11-25-9-6-14(7-10-25)23-16-22-8-5-15(24-16)17(19,20)21/h1-5,8,14H,6-7,9-11H2,(H,22,23,24). The van der Waals surface area contributed by atoms with E-state index in [1.807, 2.05) is 12.1 Å². The van der Waals surface area contributed by atoms with E-state index in [1.165, 1.54) is 5.56 Å². The number of nitrogens with one attached hydrogen (secondary N) is 1. The summed E-state index contributed by atoms with van der Waals surface area (Å²) in [6, 6.07) is 9.19. The van der Waals surface area contributed by atoms with Gasteiger partial charge in [0.25, 0.3) is 0 Å². The van der Waals surface area contributed by atoms with E-state index < -0.39 is 11.9 Å². The molecule has 1 aliphatic heterocycles. The number of rotatable bonds is 4. The Hall–Kier alpha value is -1.67. The summed E-state index contributed by atoms with van der Waals surface area (Å²) in [5.41, 5.74) is 0.327. The van der Waals surface area contributed by atoms with Gasteiger partial charge in [0.15, 0.2) is 0 Å².